The molecule has 0 unspecified atom stereocenters. The van der Waals surface area contributed by atoms with Gasteiger partial charge in [-0.15, -0.1) is 0 Å². The Hall–Kier alpha value is -1.94. The van der Waals surface area contributed by atoms with Gasteiger partial charge in [-0.2, -0.15) is 0 Å². The Kier molecular flexibility index (Phi) is 3.53. The summed E-state index contributed by atoms with van der Waals surface area (Å²) in [6.45, 7) is 1.50. The molecule has 0 aliphatic carbocycles. The highest BCUT2D eigenvalue weighted by Gasteiger charge is 2.18. The Morgan fingerprint density at radius 2 is 1.79 bits per heavy atom. The molecule has 2 rings (SSSR count). The number of benzene rings is 2. The van der Waals surface area contributed by atoms with Crippen molar-refractivity contribution in [3.05, 3.63) is 63.7 Å². The molecule has 0 spiro atoms. The summed E-state index contributed by atoms with van der Waals surface area (Å²) in [5.41, 5.74) is 5.81. The van der Waals surface area contributed by atoms with E-state index < -0.39 is 17.4 Å². The van der Waals surface area contributed by atoms with E-state index in [1.54, 1.807) is 0 Å². The predicted octanol–water partition coefficient (Wildman–Crippen LogP) is 3.74. The lowest BCUT2D eigenvalue weighted by atomic mass is 10.0. The number of halogens is 3. The molecule has 0 saturated carbocycles. The first-order valence-electron chi connectivity index (χ1n) is 5.45. The number of nitrogens with two attached hydrogens (primary N) is 1. The van der Waals surface area contributed by atoms with E-state index in [1.165, 1.54) is 25.1 Å². The maximum atomic E-state index is 13.7. The topological polar surface area (TPSA) is 43.1 Å². The van der Waals surface area contributed by atoms with Crippen molar-refractivity contribution in [1.29, 1.82) is 0 Å². The van der Waals surface area contributed by atoms with Crippen LogP contribution >= 0.6 is 11.6 Å². The summed E-state index contributed by atoms with van der Waals surface area (Å²) in [6.07, 6.45) is 0. The van der Waals surface area contributed by atoms with E-state index in [0.29, 0.717) is 0 Å². The van der Waals surface area contributed by atoms with Crippen molar-refractivity contribution in [3.63, 3.8) is 0 Å². The number of hydrogen-bond donors (Lipinski definition) is 1. The molecule has 0 saturated heterocycles. The van der Waals surface area contributed by atoms with Crippen molar-refractivity contribution in [2.45, 2.75) is 6.92 Å². The largest absolute Gasteiger partial charge is 0.399 e. The summed E-state index contributed by atoms with van der Waals surface area (Å²) < 4.78 is 27.0. The summed E-state index contributed by atoms with van der Waals surface area (Å²) in [4.78, 5) is 12.2. The van der Waals surface area contributed by atoms with Crippen molar-refractivity contribution in [2.24, 2.45) is 0 Å². The van der Waals surface area contributed by atoms with Gasteiger partial charge in [-0.3, -0.25) is 4.79 Å². The molecule has 0 bridgehead atoms. The average Bonchev–Trinajstić information content (AvgIpc) is 2.33. The number of hydrogen-bond acceptors (Lipinski definition) is 2. The smallest absolute Gasteiger partial charge is 0.197 e. The number of aryl methyl sites for hydroxylation is 1. The zero-order valence-corrected chi connectivity index (χ0v) is 10.8. The number of carbonyl (C=O) groups is 1. The molecular weight excluding hydrogens is 272 g/mol. The third-order valence-corrected chi connectivity index (χ3v) is 3.04. The lowest BCUT2D eigenvalue weighted by Gasteiger charge is -2.07. The maximum absolute atomic E-state index is 13.7. The maximum Gasteiger partial charge on any atom is 0.197 e. The zero-order valence-electron chi connectivity index (χ0n) is 10.0. The van der Waals surface area contributed by atoms with Gasteiger partial charge in [0.25, 0.3) is 0 Å². The van der Waals surface area contributed by atoms with Crippen LogP contribution < -0.4 is 5.73 Å². The van der Waals surface area contributed by atoms with Crippen LogP contribution in [0.15, 0.2) is 30.3 Å². The minimum absolute atomic E-state index is 0.0516. The fraction of sp³-hybridized carbons (Fsp3) is 0.0714. The van der Waals surface area contributed by atoms with Gasteiger partial charge < -0.3 is 5.73 Å². The van der Waals surface area contributed by atoms with Crippen LogP contribution in [0.2, 0.25) is 5.02 Å². The van der Waals surface area contributed by atoms with Gasteiger partial charge in [0, 0.05) is 11.3 Å². The van der Waals surface area contributed by atoms with E-state index in [9.17, 15) is 13.6 Å². The number of ketones is 1. The van der Waals surface area contributed by atoms with Crippen LogP contribution in [0.4, 0.5) is 14.5 Å². The second-order valence-electron chi connectivity index (χ2n) is 4.15. The molecule has 2 aromatic rings. The van der Waals surface area contributed by atoms with E-state index in [2.05, 4.69) is 0 Å². The van der Waals surface area contributed by atoms with Crippen LogP contribution in [0.3, 0.4) is 0 Å². The van der Waals surface area contributed by atoms with E-state index >= 15 is 0 Å². The number of rotatable bonds is 2. The Balaban J connectivity index is 2.53. The predicted molar refractivity (Wildman–Crippen MR) is 70.4 cm³/mol. The molecule has 98 valence electrons. The van der Waals surface area contributed by atoms with Crippen LogP contribution in [0.25, 0.3) is 0 Å². The highest BCUT2D eigenvalue weighted by molar-refractivity contribution is 6.35. The molecule has 2 N–H and O–H groups in total. The number of carbonyl (C=O) groups excluding carboxylic acids is 1. The molecule has 0 heterocycles. The van der Waals surface area contributed by atoms with Gasteiger partial charge in [0.2, 0.25) is 0 Å². The first-order chi connectivity index (χ1) is 8.90. The third-order valence-electron chi connectivity index (χ3n) is 2.73. The average molecular weight is 282 g/mol. The molecule has 19 heavy (non-hydrogen) atoms. The summed E-state index contributed by atoms with van der Waals surface area (Å²) in [5.74, 6) is -1.85. The van der Waals surface area contributed by atoms with Crippen molar-refractivity contribution in [1.82, 2.24) is 0 Å². The Morgan fingerprint density at radius 3 is 2.42 bits per heavy atom. The lowest BCUT2D eigenvalue weighted by molar-refractivity contribution is 0.103. The molecule has 0 atom stereocenters. The van der Waals surface area contributed by atoms with Crippen LogP contribution in [0, 0.1) is 18.6 Å². The number of anilines is 1. The Bertz CT molecular complexity index is 671. The Morgan fingerprint density at radius 1 is 1.11 bits per heavy atom. The van der Waals surface area contributed by atoms with E-state index in [1.807, 2.05) is 0 Å². The van der Waals surface area contributed by atoms with Crippen LogP contribution in [0.1, 0.15) is 21.5 Å². The van der Waals surface area contributed by atoms with Gasteiger partial charge in [0.15, 0.2) is 5.78 Å². The number of nitrogen functional groups attached to an aromatic ring is 1. The standard InChI is InChI=1S/C14H10ClF2NO/c1-7-4-10(11(15)6-12(7)16)14(19)9-3-2-8(18)5-13(9)17/h2-6H,18H2,1H3. The van der Waals surface area contributed by atoms with Crippen LogP contribution in [-0.2, 0) is 0 Å². The first-order valence-corrected chi connectivity index (χ1v) is 5.83. The molecule has 0 radical (unpaired) electrons. The van der Waals surface area contributed by atoms with E-state index in [4.69, 9.17) is 17.3 Å². The molecule has 0 aliphatic heterocycles. The fourth-order valence-corrected chi connectivity index (χ4v) is 1.93. The summed E-state index contributed by atoms with van der Waals surface area (Å²) >= 11 is 5.82. The van der Waals surface area contributed by atoms with Crippen molar-refractivity contribution >= 4 is 23.1 Å². The van der Waals surface area contributed by atoms with Crippen molar-refractivity contribution in [3.8, 4) is 0 Å². The van der Waals surface area contributed by atoms with Gasteiger partial charge in [-0.05, 0) is 42.8 Å². The molecule has 5 heteroatoms. The SMILES string of the molecule is Cc1cc(C(=O)c2ccc(N)cc2F)c(Cl)cc1F. The van der Waals surface area contributed by atoms with Crippen molar-refractivity contribution in [2.75, 3.05) is 5.73 Å². The summed E-state index contributed by atoms with van der Waals surface area (Å²) in [6, 6.07) is 6.09. The molecule has 0 aromatic heterocycles. The van der Waals surface area contributed by atoms with E-state index in [-0.39, 0.29) is 27.4 Å². The molecule has 0 amide bonds. The normalized spacial score (nSPS) is 10.5. The first kappa shape index (κ1) is 13.5. The zero-order chi connectivity index (χ0) is 14.2. The van der Waals surface area contributed by atoms with Gasteiger partial charge in [-0.1, -0.05) is 11.6 Å². The lowest BCUT2D eigenvalue weighted by Crippen LogP contribution is -2.06. The van der Waals surface area contributed by atoms with Gasteiger partial charge in [0.05, 0.1) is 10.6 Å². The van der Waals surface area contributed by atoms with Crippen molar-refractivity contribution < 1.29 is 13.6 Å². The molecule has 2 nitrogen and oxygen atoms in total. The van der Waals surface area contributed by atoms with Crippen LogP contribution in [-0.4, -0.2) is 5.78 Å². The highest BCUT2D eigenvalue weighted by Crippen LogP contribution is 2.24. The Labute approximate surface area is 113 Å². The minimum atomic E-state index is -0.733. The fourth-order valence-electron chi connectivity index (χ4n) is 1.69. The molecule has 0 fully saturated rings. The summed E-state index contributed by atoms with van der Waals surface area (Å²) in [5, 5.41) is -0.0516. The van der Waals surface area contributed by atoms with E-state index in [0.717, 1.165) is 12.1 Å². The van der Waals surface area contributed by atoms with Gasteiger partial charge >= 0.3 is 0 Å². The highest BCUT2D eigenvalue weighted by atomic mass is 35.5. The summed E-state index contributed by atoms with van der Waals surface area (Å²) in [7, 11) is 0. The van der Waals surface area contributed by atoms with Gasteiger partial charge in [0.1, 0.15) is 11.6 Å². The molecule has 0 aliphatic rings. The minimum Gasteiger partial charge on any atom is -0.399 e. The molecular formula is C14H10ClF2NO. The third kappa shape index (κ3) is 2.58. The quantitative estimate of drug-likeness (QED) is 0.673. The second kappa shape index (κ2) is 4.97. The van der Waals surface area contributed by atoms with Gasteiger partial charge in [-0.25, -0.2) is 8.78 Å². The second-order valence-corrected chi connectivity index (χ2v) is 4.56. The monoisotopic (exact) mass is 281 g/mol. The van der Waals surface area contributed by atoms with Crippen LogP contribution in [0.5, 0.6) is 0 Å². The molecule has 2 aromatic carbocycles.